The fourth-order valence-electron chi connectivity index (χ4n) is 6.31. The summed E-state index contributed by atoms with van der Waals surface area (Å²) in [6, 6.07) is 0. The van der Waals surface area contributed by atoms with Gasteiger partial charge in [-0.2, -0.15) is 0 Å². The lowest BCUT2D eigenvalue weighted by Crippen LogP contribution is -2.28. The molecule has 0 aliphatic carbocycles. The summed E-state index contributed by atoms with van der Waals surface area (Å²) in [6.07, 6.45) is 43.7. The van der Waals surface area contributed by atoms with E-state index in [9.17, 15) is 14.4 Å². The van der Waals surface area contributed by atoms with Crippen LogP contribution in [-0.2, 0) is 19.1 Å². The van der Waals surface area contributed by atoms with Gasteiger partial charge in [-0.1, -0.05) is 180 Å². The summed E-state index contributed by atoms with van der Waals surface area (Å²) in [5.74, 6) is -1.32. The molecule has 0 aliphatic heterocycles. The maximum absolute atomic E-state index is 12.6. The summed E-state index contributed by atoms with van der Waals surface area (Å²) in [4.78, 5) is 34.8. The topological polar surface area (TPSA) is 92.7 Å². The van der Waals surface area contributed by atoms with Gasteiger partial charge in [-0.25, -0.2) is 0 Å². The third-order valence-corrected chi connectivity index (χ3v) is 9.42. The number of rotatable bonds is 38. The molecule has 6 nitrogen and oxygen atoms in total. The number of amides is 1. The zero-order valence-corrected chi connectivity index (χ0v) is 31.9. The quantitative estimate of drug-likeness (QED) is 0.0385. The molecule has 0 aromatic rings. The van der Waals surface area contributed by atoms with Crippen LogP contribution in [0.25, 0.3) is 0 Å². The van der Waals surface area contributed by atoms with Crippen LogP contribution >= 0.6 is 0 Å². The molecule has 282 valence electrons. The Morgan fingerprint density at radius 3 is 1.40 bits per heavy atom. The molecule has 48 heavy (non-hydrogen) atoms. The average Bonchev–Trinajstić information content (AvgIpc) is 3.07. The molecule has 0 spiro atoms. The first-order valence-corrected chi connectivity index (χ1v) is 20.8. The number of unbranched alkanes of at least 4 members (excludes halogenated alkanes) is 27. The molecule has 0 saturated heterocycles. The lowest BCUT2D eigenvalue weighted by Gasteiger charge is -2.15. The van der Waals surface area contributed by atoms with Gasteiger partial charge >= 0.3 is 11.9 Å². The first-order chi connectivity index (χ1) is 23.5. The average molecular weight is 678 g/mol. The number of aliphatic carboxylic acids is 1. The Hall–Kier alpha value is -1.85. The highest BCUT2D eigenvalue weighted by molar-refractivity contribution is 5.80. The predicted molar refractivity (Wildman–Crippen MR) is 203 cm³/mol. The van der Waals surface area contributed by atoms with Gasteiger partial charge in [0, 0.05) is 12.8 Å². The first kappa shape index (κ1) is 46.1. The van der Waals surface area contributed by atoms with Crippen molar-refractivity contribution in [1.82, 2.24) is 5.32 Å². The summed E-state index contributed by atoms with van der Waals surface area (Å²) in [7, 11) is 0. The Balaban J connectivity index is 3.84. The van der Waals surface area contributed by atoms with E-state index in [0.717, 1.165) is 51.4 Å². The Morgan fingerprint density at radius 1 is 0.542 bits per heavy atom. The van der Waals surface area contributed by atoms with Crippen LogP contribution in [-0.4, -0.2) is 35.6 Å². The smallest absolute Gasteiger partial charge is 0.322 e. The minimum absolute atomic E-state index is 0.0801. The van der Waals surface area contributed by atoms with Gasteiger partial charge in [0.25, 0.3) is 0 Å². The maximum atomic E-state index is 12.6. The maximum Gasteiger partial charge on any atom is 0.322 e. The van der Waals surface area contributed by atoms with Crippen molar-refractivity contribution in [2.24, 2.45) is 0 Å². The predicted octanol–water partition coefficient (Wildman–Crippen LogP) is 12.6. The Labute approximate surface area is 297 Å². The van der Waals surface area contributed by atoms with E-state index < -0.39 is 5.97 Å². The second kappa shape index (κ2) is 38.0. The number of ether oxygens (including phenoxy) is 1. The molecule has 0 aromatic heterocycles. The van der Waals surface area contributed by atoms with Crippen LogP contribution in [0, 0.1) is 0 Å². The van der Waals surface area contributed by atoms with E-state index in [1.165, 1.54) is 148 Å². The molecular formula is C42H79NO5. The largest absolute Gasteiger partial charge is 0.480 e. The summed E-state index contributed by atoms with van der Waals surface area (Å²) in [6.45, 7) is 4.18. The fourth-order valence-corrected chi connectivity index (χ4v) is 6.31. The van der Waals surface area contributed by atoms with Crippen molar-refractivity contribution in [1.29, 1.82) is 0 Å². The van der Waals surface area contributed by atoms with Gasteiger partial charge in [-0.3, -0.25) is 14.4 Å². The molecule has 0 saturated carbocycles. The van der Waals surface area contributed by atoms with E-state index in [-0.39, 0.29) is 24.5 Å². The van der Waals surface area contributed by atoms with Crippen LogP contribution in [0.1, 0.15) is 226 Å². The van der Waals surface area contributed by atoms with Gasteiger partial charge in [0.15, 0.2) is 0 Å². The van der Waals surface area contributed by atoms with E-state index in [4.69, 9.17) is 9.84 Å². The van der Waals surface area contributed by atoms with Crippen LogP contribution in [0.15, 0.2) is 12.2 Å². The van der Waals surface area contributed by atoms with Crippen molar-refractivity contribution in [2.75, 3.05) is 6.54 Å². The summed E-state index contributed by atoms with van der Waals surface area (Å²) in [5.41, 5.74) is 0. The molecule has 6 heteroatoms. The van der Waals surface area contributed by atoms with Gasteiger partial charge < -0.3 is 15.2 Å². The molecule has 0 fully saturated rings. The Kier molecular flexibility index (Phi) is 36.5. The van der Waals surface area contributed by atoms with Gasteiger partial charge in [-0.05, 0) is 44.6 Å². The SMILES string of the molecule is CCCCCC/C=C\C(CCCCCCC(=O)NCC(=O)O)OC(=O)CCCCCCCCCCCCCCCCCCCCCCC. The molecule has 0 heterocycles. The van der Waals surface area contributed by atoms with Crippen molar-refractivity contribution in [3.8, 4) is 0 Å². The number of carbonyl (C=O) groups is 3. The monoisotopic (exact) mass is 678 g/mol. The third-order valence-electron chi connectivity index (χ3n) is 9.42. The molecule has 2 N–H and O–H groups in total. The van der Waals surface area contributed by atoms with Crippen molar-refractivity contribution in [2.45, 2.75) is 232 Å². The van der Waals surface area contributed by atoms with E-state index in [2.05, 4.69) is 31.3 Å². The highest BCUT2D eigenvalue weighted by atomic mass is 16.5. The molecule has 0 radical (unpaired) electrons. The number of carboxylic acids is 1. The second-order valence-electron chi connectivity index (χ2n) is 14.3. The number of hydrogen-bond donors (Lipinski definition) is 2. The lowest BCUT2D eigenvalue weighted by atomic mass is 10.0. The third kappa shape index (κ3) is 37.0. The van der Waals surface area contributed by atoms with E-state index in [1.54, 1.807) is 0 Å². The minimum atomic E-state index is -1.02. The number of esters is 1. The zero-order valence-electron chi connectivity index (χ0n) is 31.9. The van der Waals surface area contributed by atoms with Crippen LogP contribution in [0.2, 0.25) is 0 Å². The molecule has 1 atom stereocenters. The number of carbonyl (C=O) groups excluding carboxylic acids is 2. The normalized spacial score (nSPS) is 12.0. The lowest BCUT2D eigenvalue weighted by molar-refractivity contribution is -0.147. The Bertz CT molecular complexity index is 752. The second-order valence-corrected chi connectivity index (χ2v) is 14.3. The molecule has 1 amide bonds. The molecule has 0 bridgehead atoms. The fraction of sp³-hybridized carbons (Fsp3) is 0.881. The number of carboxylic acid groups (broad SMARTS) is 1. The van der Waals surface area contributed by atoms with Crippen LogP contribution in [0.5, 0.6) is 0 Å². The molecule has 0 aliphatic rings. The Morgan fingerprint density at radius 2 is 0.938 bits per heavy atom. The van der Waals surface area contributed by atoms with Gasteiger partial charge in [0.05, 0.1) is 0 Å². The van der Waals surface area contributed by atoms with E-state index >= 15 is 0 Å². The molecular weight excluding hydrogens is 598 g/mol. The summed E-state index contributed by atoms with van der Waals surface area (Å²) in [5, 5.41) is 11.1. The first-order valence-electron chi connectivity index (χ1n) is 20.8. The van der Waals surface area contributed by atoms with Crippen LogP contribution in [0.4, 0.5) is 0 Å². The van der Waals surface area contributed by atoms with Crippen molar-refractivity contribution in [3.05, 3.63) is 12.2 Å². The number of nitrogens with one attached hydrogen (secondary N) is 1. The number of allylic oxidation sites excluding steroid dienone is 1. The van der Waals surface area contributed by atoms with E-state index in [0.29, 0.717) is 12.8 Å². The van der Waals surface area contributed by atoms with Crippen molar-refractivity contribution in [3.63, 3.8) is 0 Å². The summed E-state index contributed by atoms with van der Waals surface area (Å²) < 4.78 is 5.88. The molecule has 1 unspecified atom stereocenters. The van der Waals surface area contributed by atoms with Crippen molar-refractivity contribution >= 4 is 17.8 Å². The van der Waals surface area contributed by atoms with Gasteiger partial charge in [-0.15, -0.1) is 0 Å². The van der Waals surface area contributed by atoms with Gasteiger partial charge in [0.2, 0.25) is 5.91 Å². The molecule has 0 aromatic carbocycles. The van der Waals surface area contributed by atoms with E-state index in [1.807, 2.05) is 0 Å². The highest BCUT2D eigenvalue weighted by Gasteiger charge is 2.12. The van der Waals surface area contributed by atoms with Crippen LogP contribution < -0.4 is 5.32 Å². The van der Waals surface area contributed by atoms with Crippen molar-refractivity contribution < 1.29 is 24.2 Å². The number of hydrogen-bond acceptors (Lipinski definition) is 4. The zero-order chi connectivity index (χ0) is 35.2. The standard InChI is InChI=1S/C42H79NO5/c1-3-5-7-9-11-12-13-14-15-16-17-18-19-20-21-22-23-24-25-27-33-37-42(47)48-39(34-30-26-10-8-6-4-2)35-31-28-29-32-36-40(44)43-38-41(45)46/h30,34,39H,3-29,31-33,35-38H2,1-2H3,(H,43,44)(H,45,46)/b34-30-. The van der Waals surface area contributed by atoms with Crippen LogP contribution in [0.3, 0.4) is 0 Å². The van der Waals surface area contributed by atoms with Gasteiger partial charge in [0.1, 0.15) is 12.6 Å². The highest BCUT2D eigenvalue weighted by Crippen LogP contribution is 2.17. The summed E-state index contributed by atoms with van der Waals surface area (Å²) >= 11 is 0. The molecule has 0 rings (SSSR count). The minimum Gasteiger partial charge on any atom is -0.480 e.